The third-order valence-corrected chi connectivity index (χ3v) is 11.3. The van der Waals surface area contributed by atoms with Crippen LogP contribution in [0, 0.1) is 5.92 Å². The number of pyridine rings is 2. The van der Waals surface area contributed by atoms with E-state index in [9.17, 15) is 24.0 Å². The number of ether oxygens (including phenoxy) is 4. The first-order valence-electron chi connectivity index (χ1n) is 20.5. The van der Waals surface area contributed by atoms with Gasteiger partial charge in [0.15, 0.2) is 17.5 Å². The molecule has 3 aliphatic rings. The number of carbonyl (C=O) groups excluding carboxylic acids is 4. The standard InChI is InChI=1S/C44H52N8O9/c1-6-44(30-16-33-38-27(19-52(33)41(56)29(30)21-59-42(44)57)14-26-15-34-35(61-22-60-34)17-32(26)50-38)18-36(53)58-20-25-9-11-28(12-10-25)49-39(54)31(8-7-13-47-43(45)46)51-40(55)37(23(2)3)48-24(4)5/h9-12,14-17,23-24,31,37,48H,6-8,13,18-22H2,1-5H3,(H,49,54)(H,51,55)(H4,45,46,47)/t31-,37-,44-/m0/s1. The first-order valence-corrected chi connectivity index (χ1v) is 20.5. The molecule has 3 aliphatic heterocycles. The van der Waals surface area contributed by atoms with Crippen LogP contribution in [0.25, 0.3) is 22.3 Å². The van der Waals surface area contributed by atoms with Crippen molar-refractivity contribution in [3.63, 3.8) is 0 Å². The maximum Gasteiger partial charge on any atom is 0.317 e. The van der Waals surface area contributed by atoms with Gasteiger partial charge in [0.2, 0.25) is 18.6 Å². The fourth-order valence-corrected chi connectivity index (χ4v) is 8.08. The summed E-state index contributed by atoms with van der Waals surface area (Å²) < 4.78 is 24.0. The number of hydrogen-bond donors (Lipinski definition) is 5. The zero-order valence-corrected chi connectivity index (χ0v) is 35.0. The Morgan fingerprint density at radius 1 is 0.984 bits per heavy atom. The number of aromatic nitrogens is 2. The van der Waals surface area contributed by atoms with Gasteiger partial charge in [-0.3, -0.25) is 29.0 Å². The van der Waals surface area contributed by atoms with Crippen molar-refractivity contribution >= 4 is 46.3 Å². The van der Waals surface area contributed by atoms with E-state index in [0.717, 1.165) is 10.9 Å². The molecule has 7 N–H and O–H groups in total. The Morgan fingerprint density at radius 3 is 2.41 bits per heavy atom. The van der Waals surface area contributed by atoms with E-state index in [1.807, 2.05) is 39.8 Å². The second-order valence-corrected chi connectivity index (χ2v) is 16.3. The molecule has 0 spiro atoms. The Morgan fingerprint density at radius 2 is 1.72 bits per heavy atom. The topological polar surface area (TPSA) is 241 Å². The van der Waals surface area contributed by atoms with Crippen molar-refractivity contribution in [2.45, 2.75) is 104 Å². The first-order chi connectivity index (χ1) is 29.2. The maximum atomic E-state index is 14.0. The number of anilines is 1. The molecule has 0 saturated heterocycles. The van der Waals surface area contributed by atoms with Gasteiger partial charge in [0.05, 0.1) is 41.5 Å². The fourth-order valence-electron chi connectivity index (χ4n) is 8.08. The van der Waals surface area contributed by atoms with Crippen LogP contribution in [0.15, 0.2) is 58.3 Å². The normalized spacial score (nSPS) is 16.9. The molecule has 2 amide bonds. The summed E-state index contributed by atoms with van der Waals surface area (Å²) in [6, 6.07) is 12.8. The molecule has 3 atom stereocenters. The van der Waals surface area contributed by atoms with E-state index in [2.05, 4.69) is 20.9 Å². The number of guanidine groups is 1. The Labute approximate surface area is 352 Å². The Bertz CT molecular complexity index is 2460. The lowest BCUT2D eigenvalue weighted by Crippen LogP contribution is -2.54. The molecule has 0 radical (unpaired) electrons. The van der Waals surface area contributed by atoms with Gasteiger partial charge in [-0.1, -0.05) is 46.8 Å². The summed E-state index contributed by atoms with van der Waals surface area (Å²) >= 11 is 0. The van der Waals surface area contributed by atoms with Crippen LogP contribution in [0.1, 0.15) is 82.6 Å². The van der Waals surface area contributed by atoms with Crippen LogP contribution >= 0.6 is 0 Å². The number of nitrogens with one attached hydrogen (secondary N) is 3. The van der Waals surface area contributed by atoms with E-state index in [1.165, 1.54) is 0 Å². The molecular weight excluding hydrogens is 785 g/mol. The quantitative estimate of drug-likeness (QED) is 0.0415. The largest absolute Gasteiger partial charge is 0.461 e. The molecule has 5 heterocycles. The van der Waals surface area contributed by atoms with Crippen molar-refractivity contribution < 1.29 is 38.1 Å². The van der Waals surface area contributed by atoms with Gasteiger partial charge >= 0.3 is 11.9 Å². The summed E-state index contributed by atoms with van der Waals surface area (Å²) in [6.07, 6.45) is 0.560. The lowest BCUT2D eigenvalue weighted by molar-refractivity contribution is -0.161. The van der Waals surface area contributed by atoms with Gasteiger partial charge in [-0.15, -0.1) is 0 Å². The number of esters is 2. The maximum absolute atomic E-state index is 14.0. The fraction of sp³-hybridized carbons (Fsp3) is 0.432. The highest BCUT2D eigenvalue weighted by atomic mass is 16.7. The minimum absolute atomic E-state index is 0.0227. The number of cyclic esters (lactones) is 1. The van der Waals surface area contributed by atoms with Crippen molar-refractivity contribution in [2.24, 2.45) is 22.4 Å². The highest BCUT2D eigenvalue weighted by Gasteiger charge is 2.48. The average molecular weight is 837 g/mol. The third-order valence-electron chi connectivity index (χ3n) is 11.3. The van der Waals surface area contributed by atoms with E-state index in [4.69, 9.17) is 35.4 Å². The van der Waals surface area contributed by atoms with Crippen LogP contribution in [0.2, 0.25) is 0 Å². The molecule has 322 valence electrons. The Hall–Kier alpha value is -6.49. The summed E-state index contributed by atoms with van der Waals surface area (Å²) in [6.45, 7) is 9.92. The zero-order chi connectivity index (χ0) is 43.6. The van der Waals surface area contributed by atoms with E-state index in [0.29, 0.717) is 76.7 Å². The number of nitrogens with zero attached hydrogens (tertiary/aromatic N) is 3. The minimum Gasteiger partial charge on any atom is -0.461 e. The molecule has 2 aromatic carbocycles. The van der Waals surface area contributed by atoms with Gasteiger partial charge in [-0.2, -0.15) is 0 Å². The number of amides is 2. The van der Waals surface area contributed by atoms with Crippen LogP contribution in [-0.4, -0.2) is 70.7 Å². The van der Waals surface area contributed by atoms with Crippen molar-refractivity contribution in [3.05, 3.63) is 81.1 Å². The molecule has 0 aliphatic carbocycles. The van der Waals surface area contributed by atoms with Crippen LogP contribution in [0.5, 0.6) is 11.5 Å². The van der Waals surface area contributed by atoms with Crippen molar-refractivity contribution in [2.75, 3.05) is 18.7 Å². The van der Waals surface area contributed by atoms with Crippen molar-refractivity contribution in [1.82, 2.24) is 20.2 Å². The molecule has 2 aromatic heterocycles. The molecule has 7 rings (SSSR count). The van der Waals surface area contributed by atoms with Crippen LogP contribution < -0.4 is 42.5 Å². The Balaban J connectivity index is 1.03. The molecule has 0 unspecified atom stereocenters. The lowest BCUT2D eigenvalue weighted by atomic mass is 9.72. The first kappa shape index (κ1) is 42.6. The SMILES string of the molecule is CC[C@@]1(CC(=O)OCc2ccc(NC(=O)[C@H](CCCN=C(N)N)NC(=O)[C@@H](NC(C)C)C(C)C)cc2)C(=O)OCc2c1cc1n(c2=O)Cc2cc3cc4c(cc3nc2-1)OCO4. The lowest BCUT2D eigenvalue weighted by Gasteiger charge is -2.35. The van der Waals surface area contributed by atoms with E-state index >= 15 is 0 Å². The molecule has 4 aromatic rings. The van der Waals surface area contributed by atoms with Crippen molar-refractivity contribution in [1.29, 1.82) is 0 Å². The summed E-state index contributed by atoms with van der Waals surface area (Å²) in [5.41, 5.74) is 13.7. The van der Waals surface area contributed by atoms with E-state index < -0.39 is 35.3 Å². The second kappa shape index (κ2) is 17.6. The number of benzene rings is 2. The second-order valence-electron chi connectivity index (χ2n) is 16.3. The smallest absolute Gasteiger partial charge is 0.317 e. The number of nitrogens with two attached hydrogens (primary N) is 2. The molecule has 17 nitrogen and oxygen atoms in total. The number of hydrogen-bond acceptors (Lipinski definition) is 12. The van der Waals surface area contributed by atoms with Gasteiger partial charge in [-0.25, -0.2) is 4.98 Å². The monoisotopic (exact) mass is 836 g/mol. The van der Waals surface area contributed by atoms with Gasteiger partial charge < -0.3 is 50.9 Å². The van der Waals surface area contributed by atoms with Gasteiger partial charge in [-0.05, 0) is 66.6 Å². The zero-order valence-electron chi connectivity index (χ0n) is 35.0. The van der Waals surface area contributed by atoms with Crippen LogP contribution in [-0.2, 0) is 53.8 Å². The summed E-state index contributed by atoms with van der Waals surface area (Å²) in [5.74, 6) is -0.838. The molecular formula is C44H52N8O9. The molecule has 0 bridgehead atoms. The predicted molar refractivity (Wildman–Crippen MR) is 227 cm³/mol. The molecule has 0 fully saturated rings. The van der Waals surface area contributed by atoms with E-state index in [-0.39, 0.29) is 62.2 Å². The average Bonchev–Trinajstić information content (AvgIpc) is 3.83. The van der Waals surface area contributed by atoms with Gasteiger partial charge in [0.25, 0.3) is 5.56 Å². The predicted octanol–water partition coefficient (Wildman–Crippen LogP) is 3.49. The highest BCUT2D eigenvalue weighted by Crippen LogP contribution is 2.43. The van der Waals surface area contributed by atoms with Gasteiger partial charge in [0, 0.05) is 35.3 Å². The van der Waals surface area contributed by atoms with Crippen molar-refractivity contribution in [3.8, 4) is 22.9 Å². The molecule has 61 heavy (non-hydrogen) atoms. The molecule has 17 heteroatoms. The highest BCUT2D eigenvalue weighted by molar-refractivity contribution is 5.98. The van der Waals surface area contributed by atoms with Crippen LogP contribution in [0.3, 0.4) is 0 Å². The molecule has 0 saturated carbocycles. The number of rotatable bonds is 16. The van der Waals surface area contributed by atoms with Gasteiger partial charge in [0.1, 0.15) is 24.7 Å². The van der Waals surface area contributed by atoms with E-state index in [1.54, 1.807) is 47.9 Å². The summed E-state index contributed by atoms with van der Waals surface area (Å²) in [7, 11) is 0. The number of aliphatic imine (C=N–C) groups is 1. The van der Waals surface area contributed by atoms with Crippen LogP contribution in [0.4, 0.5) is 5.69 Å². The number of carbonyl (C=O) groups is 4. The summed E-state index contributed by atoms with van der Waals surface area (Å²) in [4.78, 5) is 76.9. The minimum atomic E-state index is -1.46. The Kier molecular flexibility index (Phi) is 12.3. The number of fused-ring (bicyclic) bond motifs is 6. The summed E-state index contributed by atoms with van der Waals surface area (Å²) in [5, 5.41) is 9.86. The third kappa shape index (κ3) is 8.87.